The van der Waals surface area contributed by atoms with Gasteiger partial charge in [0.1, 0.15) is 12.1 Å². The van der Waals surface area contributed by atoms with E-state index in [2.05, 4.69) is 34.0 Å². The minimum absolute atomic E-state index is 0.0741. The monoisotopic (exact) mass is 329 g/mol. The van der Waals surface area contributed by atoms with E-state index in [0.717, 1.165) is 38.3 Å². The zero-order chi connectivity index (χ0) is 17.4. The van der Waals surface area contributed by atoms with Crippen molar-refractivity contribution in [3.63, 3.8) is 0 Å². The van der Waals surface area contributed by atoms with Crippen molar-refractivity contribution in [2.75, 3.05) is 19.6 Å². The van der Waals surface area contributed by atoms with Gasteiger partial charge < -0.3 is 10.2 Å². The fraction of sp³-hybridized carbons (Fsp3) is 0.500. The number of aromatic nitrogens is 3. The molecule has 0 aliphatic heterocycles. The number of carbonyl (C=O) groups is 1. The third-order valence-corrected chi connectivity index (χ3v) is 4.16. The summed E-state index contributed by atoms with van der Waals surface area (Å²) in [5.74, 6) is 0.673. The fourth-order valence-electron chi connectivity index (χ4n) is 2.61. The van der Waals surface area contributed by atoms with Crippen molar-refractivity contribution in [3.8, 4) is 5.82 Å². The molecule has 2 aromatic heterocycles. The number of amides is 1. The second-order valence-corrected chi connectivity index (χ2v) is 5.92. The van der Waals surface area contributed by atoms with Crippen LogP contribution in [0.15, 0.2) is 37.1 Å². The molecule has 1 N–H and O–H groups in total. The Labute approximate surface area is 143 Å². The maximum absolute atomic E-state index is 12.3. The highest BCUT2D eigenvalue weighted by atomic mass is 16.1. The first kappa shape index (κ1) is 18.1. The molecule has 0 radical (unpaired) electrons. The second-order valence-electron chi connectivity index (χ2n) is 5.92. The summed E-state index contributed by atoms with van der Waals surface area (Å²) in [5, 5.41) is 3.04. The number of nitrogens with one attached hydrogen (secondary N) is 1. The van der Waals surface area contributed by atoms with E-state index in [1.54, 1.807) is 29.4 Å². The number of rotatable bonds is 9. The first-order valence-corrected chi connectivity index (χ1v) is 8.61. The average molecular weight is 329 g/mol. The summed E-state index contributed by atoms with van der Waals surface area (Å²) in [4.78, 5) is 23.0. The first-order valence-electron chi connectivity index (χ1n) is 8.61. The highest BCUT2D eigenvalue weighted by molar-refractivity contribution is 5.94. The number of hydrogen-bond donors (Lipinski definition) is 1. The first-order chi connectivity index (χ1) is 11.6. The lowest BCUT2D eigenvalue weighted by molar-refractivity contribution is 0.0937. The Morgan fingerprint density at radius 1 is 1.33 bits per heavy atom. The van der Waals surface area contributed by atoms with Crippen molar-refractivity contribution >= 4 is 5.91 Å². The lowest BCUT2D eigenvalue weighted by atomic mass is 10.1. The Balaban J connectivity index is 1.81. The highest BCUT2D eigenvalue weighted by Crippen LogP contribution is 2.07. The van der Waals surface area contributed by atoms with Crippen molar-refractivity contribution < 1.29 is 4.79 Å². The Morgan fingerprint density at radius 2 is 2.12 bits per heavy atom. The van der Waals surface area contributed by atoms with Gasteiger partial charge in [-0.25, -0.2) is 9.97 Å². The van der Waals surface area contributed by atoms with E-state index in [1.807, 2.05) is 19.2 Å². The molecule has 0 aromatic carbocycles. The molecule has 0 unspecified atom stereocenters. The van der Waals surface area contributed by atoms with Crippen molar-refractivity contribution in [3.05, 3.63) is 42.6 Å². The Kier molecular flexibility index (Phi) is 6.93. The number of pyridine rings is 1. The molecule has 130 valence electrons. The summed E-state index contributed by atoms with van der Waals surface area (Å²) in [6.07, 6.45) is 8.86. The lowest BCUT2D eigenvalue weighted by Gasteiger charge is -2.19. The molecule has 0 saturated carbocycles. The van der Waals surface area contributed by atoms with Crippen LogP contribution in [-0.2, 0) is 0 Å². The zero-order valence-corrected chi connectivity index (χ0v) is 14.8. The van der Waals surface area contributed by atoms with Crippen LogP contribution in [0.4, 0.5) is 0 Å². The minimum atomic E-state index is -0.0741. The summed E-state index contributed by atoms with van der Waals surface area (Å²) >= 11 is 0. The highest BCUT2D eigenvalue weighted by Gasteiger charge is 2.11. The Bertz CT molecular complexity index is 605. The molecule has 6 heteroatoms. The number of nitrogens with zero attached hydrogens (tertiary/aromatic N) is 4. The quantitative estimate of drug-likeness (QED) is 0.768. The molecule has 0 spiro atoms. The van der Waals surface area contributed by atoms with Gasteiger partial charge in [-0.15, -0.1) is 0 Å². The molecule has 0 aliphatic rings. The van der Waals surface area contributed by atoms with E-state index in [1.165, 1.54) is 0 Å². The van der Waals surface area contributed by atoms with Crippen molar-refractivity contribution in [1.82, 2.24) is 24.8 Å². The van der Waals surface area contributed by atoms with Gasteiger partial charge in [-0.1, -0.05) is 13.8 Å². The van der Waals surface area contributed by atoms with Gasteiger partial charge in [0.05, 0.1) is 5.56 Å². The molecule has 0 aliphatic carbocycles. The third kappa shape index (κ3) is 5.16. The molecule has 6 nitrogen and oxygen atoms in total. The maximum atomic E-state index is 12.3. The largest absolute Gasteiger partial charge is 0.350 e. The van der Waals surface area contributed by atoms with E-state index in [0.29, 0.717) is 5.56 Å². The summed E-state index contributed by atoms with van der Waals surface area (Å²) in [5.41, 5.74) is 0.578. The van der Waals surface area contributed by atoms with E-state index in [-0.39, 0.29) is 11.9 Å². The summed E-state index contributed by atoms with van der Waals surface area (Å²) in [6, 6.07) is 3.77. The van der Waals surface area contributed by atoms with E-state index < -0.39 is 0 Å². The SMILES string of the molecule is CCN(CC)CCC[C@@H](C)NC(=O)c1ccc(-n2ccnc2)nc1. The van der Waals surface area contributed by atoms with Crippen LogP contribution in [0.2, 0.25) is 0 Å². The zero-order valence-electron chi connectivity index (χ0n) is 14.8. The predicted molar refractivity (Wildman–Crippen MR) is 95.3 cm³/mol. The summed E-state index contributed by atoms with van der Waals surface area (Å²) in [7, 11) is 0. The average Bonchev–Trinajstić information content (AvgIpc) is 3.13. The van der Waals surface area contributed by atoms with Gasteiger partial charge >= 0.3 is 0 Å². The van der Waals surface area contributed by atoms with Gasteiger partial charge in [0, 0.05) is 24.6 Å². The fourth-order valence-corrected chi connectivity index (χ4v) is 2.61. The third-order valence-electron chi connectivity index (χ3n) is 4.16. The summed E-state index contributed by atoms with van der Waals surface area (Å²) < 4.78 is 1.80. The number of imidazole rings is 1. The molecule has 0 fully saturated rings. The molecule has 2 heterocycles. The van der Waals surface area contributed by atoms with Crippen molar-refractivity contribution in [2.24, 2.45) is 0 Å². The molecule has 2 aromatic rings. The number of carbonyl (C=O) groups excluding carboxylic acids is 1. The van der Waals surface area contributed by atoms with E-state index in [4.69, 9.17) is 0 Å². The Hall–Kier alpha value is -2.21. The molecule has 0 saturated heterocycles. The molecule has 0 bridgehead atoms. The topological polar surface area (TPSA) is 63.1 Å². The normalized spacial score (nSPS) is 12.3. The van der Waals surface area contributed by atoms with Crippen LogP contribution in [-0.4, -0.2) is 51.0 Å². The molecule has 1 atom stereocenters. The van der Waals surface area contributed by atoms with Gasteiger partial charge in [0.2, 0.25) is 0 Å². The lowest BCUT2D eigenvalue weighted by Crippen LogP contribution is -2.33. The van der Waals surface area contributed by atoms with Crippen LogP contribution in [0, 0.1) is 0 Å². The van der Waals surface area contributed by atoms with Crippen molar-refractivity contribution in [1.29, 1.82) is 0 Å². The van der Waals surface area contributed by atoms with Crippen LogP contribution in [0.5, 0.6) is 0 Å². The minimum Gasteiger partial charge on any atom is -0.350 e. The molecular weight excluding hydrogens is 302 g/mol. The number of hydrogen-bond acceptors (Lipinski definition) is 4. The van der Waals surface area contributed by atoms with Crippen molar-refractivity contribution in [2.45, 2.75) is 39.7 Å². The van der Waals surface area contributed by atoms with Crippen LogP contribution < -0.4 is 5.32 Å². The molecule has 2 rings (SSSR count). The maximum Gasteiger partial charge on any atom is 0.253 e. The van der Waals surface area contributed by atoms with Crippen LogP contribution in [0.1, 0.15) is 44.0 Å². The summed E-state index contributed by atoms with van der Waals surface area (Å²) in [6.45, 7) is 9.63. The Morgan fingerprint density at radius 3 is 2.71 bits per heavy atom. The van der Waals surface area contributed by atoms with Crippen LogP contribution in [0.25, 0.3) is 5.82 Å². The van der Waals surface area contributed by atoms with E-state index in [9.17, 15) is 4.79 Å². The van der Waals surface area contributed by atoms with Crippen LogP contribution >= 0.6 is 0 Å². The predicted octanol–water partition coefficient (Wildman–Crippen LogP) is 2.51. The molecule has 1 amide bonds. The standard InChI is InChI=1S/C18H27N5O/c1-4-22(5-2)11-6-7-15(3)21-18(24)16-8-9-17(20-13-16)23-12-10-19-14-23/h8-10,12-15H,4-7,11H2,1-3H3,(H,21,24)/t15-/m1/s1. The smallest absolute Gasteiger partial charge is 0.253 e. The van der Waals surface area contributed by atoms with Crippen LogP contribution in [0.3, 0.4) is 0 Å². The van der Waals surface area contributed by atoms with Gasteiger partial charge in [0.15, 0.2) is 0 Å². The van der Waals surface area contributed by atoms with Gasteiger partial charge in [-0.2, -0.15) is 0 Å². The van der Waals surface area contributed by atoms with Gasteiger partial charge in [0.25, 0.3) is 5.91 Å². The van der Waals surface area contributed by atoms with E-state index >= 15 is 0 Å². The molecular formula is C18H27N5O. The second kappa shape index (κ2) is 9.17. The van der Waals surface area contributed by atoms with Gasteiger partial charge in [-0.3, -0.25) is 9.36 Å². The molecule has 24 heavy (non-hydrogen) atoms. The van der Waals surface area contributed by atoms with Gasteiger partial charge in [-0.05, 0) is 51.5 Å².